The van der Waals surface area contributed by atoms with Crippen molar-refractivity contribution in [1.29, 1.82) is 0 Å². The molecule has 0 amide bonds. The molecule has 1 aromatic heterocycles. The fourth-order valence-electron chi connectivity index (χ4n) is 2.56. The Morgan fingerprint density at radius 1 is 1.29 bits per heavy atom. The van der Waals surface area contributed by atoms with E-state index in [1.165, 1.54) is 13.0 Å². The molecule has 1 saturated heterocycles. The van der Waals surface area contributed by atoms with Crippen LogP contribution in [0.3, 0.4) is 0 Å². The van der Waals surface area contributed by atoms with Crippen LogP contribution in [0.2, 0.25) is 0 Å². The van der Waals surface area contributed by atoms with Crippen molar-refractivity contribution in [3.63, 3.8) is 0 Å². The van der Waals surface area contributed by atoms with Gasteiger partial charge in [-0.2, -0.15) is 0 Å². The monoisotopic (exact) mass is 293 g/mol. The Kier molecular flexibility index (Phi) is 6.20. The van der Waals surface area contributed by atoms with Crippen molar-refractivity contribution in [2.24, 2.45) is 5.92 Å². The molecule has 21 heavy (non-hydrogen) atoms. The van der Waals surface area contributed by atoms with E-state index in [2.05, 4.69) is 39.5 Å². The molecule has 1 aliphatic rings. The predicted octanol–water partition coefficient (Wildman–Crippen LogP) is 1.81. The third-order valence-corrected chi connectivity index (χ3v) is 3.63. The van der Waals surface area contributed by atoms with Crippen molar-refractivity contribution in [3.05, 3.63) is 11.9 Å². The van der Waals surface area contributed by atoms with E-state index in [4.69, 9.17) is 4.74 Å². The molecule has 2 rings (SSSR count). The lowest BCUT2D eigenvalue weighted by molar-refractivity contribution is 0.128. The molecule has 0 aliphatic carbocycles. The Morgan fingerprint density at radius 2 is 2.05 bits per heavy atom. The van der Waals surface area contributed by atoms with Crippen molar-refractivity contribution in [1.82, 2.24) is 14.9 Å². The van der Waals surface area contributed by atoms with Crippen LogP contribution in [-0.4, -0.2) is 54.7 Å². The van der Waals surface area contributed by atoms with Gasteiger partial charge < -0.3 is 20.3 Å². The highest BCUT2D eigenvalue weighted by Crippen LogP contribution is 2.17. The quantitative estimate of drug-likeness (QED) is 0.762. The first-order chi connectivity index (χ1) is 10.2. The summed E-state index contributed by atoms with van der Waals surface area (Å²) in [4.78, 5) is 11.4. The summed E-state index contributed by atoms with van der Waals surface area (Å²) in [7, 11) is 2.17. The van der Waals surface area contributed by atoms with E-state index in [1.807, 2.05) is 13.0 Å². The third kappa shape index (κ3) is 5.13. The number of likely N-dealkylation sites (tertiary alicyclic amines) is 1. The molecule has 2 N–H and O–H groups in total. The van der Waals surface area contributed by atoms with E-state index in [9.17, 15) is 0 Å². The molecule has 6 heteroatoms. The van der Waals surface area contributed by atoms with Gasteiger partial charge in [-0.15, -0.1) is 0 Å². The van der Waals surface area contributed by atoms with Gasteiger partial charge in [-0.05, 0) is 39.8 Å². The molecule has 0 bridgehead atoms. The largest absolute Gasteiger partial charge is 0.374 e. The lowest BCUT2D eigenvalue weighted by Gasteiger charge is -2.14. The van der Waals surface area contributed by atoms with E-state index in [0.29, 0.717) is 19.1 Å². The lowest BCUT2D eigenvalue weighted by atomic mass is 10.1. The number of rotatable bonds is 8. The zero-order valence-electron chi connectivity index (χ0n) is 13.4. The van der Waals surface area contributed by atoms with Gasteiger partial charge in [0.05, 0.1) is 0 Å². The van der Waals surface area contributed by atoms with Crippen molar-refractivity contribution in [3.8, 4) is 0 Å². The summed E-state index contributed by atoms with van der Waals surface area (Å²) in [5, 5.41) is 6.69. The second-order valence-electron chi connectivity index (χ2n) is 5.52. The lowest BCUT2D eigenvalue weighted by Crippen LogP contribution is -2.20. The van der Waals surface area contributed by atoms with Gasteiger partial charge in [-0.25, -0.2) is 9.97 Å². The number of anilines is 2. The maximum atomic E-state index is 5.41. The summed E-state index contributed by atoms with van der Waals surface area (Å²) in [6.45, 7) is 9.31. The molecule has 0 aromatic carbocycles. The summed E-state index contributed by atoms with van der Waals surface area (Å²) < 4.78 is 5.41. The van der Waals surface area contributed by atoms with Crippen LogP contribution in [0.1, 0.15) is 26.1 Å². The van der Waals surface area contributed by atoms with Crippen LogP contribution >= 0.6 is 0 Å². The third-order valence-electron chi connectivity index (χ3n) is 3.63. The van der Waals surface area contributed by atoms with E-state index in [1.54, 1.807) is 0 Å². The molecule has 1 atom stereocenters. The highest BCUT2D eigenvalue weighted by Gasteiger charge is 2.19. The summed E-state index contributed by atoms with van der Waals surface area (Å²) in [6, 6.07) is 1.97. The molecule has 1 fully saturated rings. The SMILES string of the molecule is CCNc1cc(NCC2CCN(C)C2)nc(COCC)n1. The Balaban J connectivity index is 1.97. The van der Waals surface area contributed by atoms with Gasteiger partial charge in [-0.3, -0.25) is 0 Å². The van der Waals surface area contributed by atoms with Gasteiger partial charge in [0.2, 0.25) is 0 Å². The molecule has 0 spiro atoms. The fourth-order valence-corrected chi connectivity index (χ4v) is 2.56. The summed E-state index contributed by atoms with van der Waals surface area (Å²) in [5.74, 6) is 3.16. The smallest absolute Gasteiger partial charge is 0.158 e. The molecular formula is C15H27N5O. The van der Waals surface area contributed by atoms with Crippen LogP contribution in [0.15, 0.2) is 6.07 Å². The topological polar surface area (TPSA) is 62.3 Å². The van der Waals surface area contributed by atoms with E-state index in [0.717, 1.165) is 37.1 Å². The molecule has 0 radical (unpaired) electrons. The highest BCUT2D eigenvalue weighted by molar-refractivity contribution is 5.47. The van der Waals surface area contributed by atoms with Crippen LogP contribution in [0.25, 0.3) is 0 Å². The maximum Gasteiger partial charge on any atom is 0.158 e. The molecule has 0 saturated carbocycles. The summed E-state index contributed by atoms with van der Waals surface area (Å²) in [6.07, 6.45) is 1.25. The zero-order valence-corrected chi connectivity index (χ0v) is 13.4. The van der Waals surface area contributed by atoms with Crippen molar-refractivity contribution < 1.29 is 4.74 Å². The number of hydrogen-bond acceptors (Lipinski definition) is 6. The second kappa shape index (κ2) is 8.14. The van der Waals surface area contributed by atoms with Gasteiger partial charge in [-0.1, -0.05) is 0 Å². The second-order valence-corrected chi connectivity index (χ2v) is 5.52. The van der Waals surface area contributed by atoms with Crippen LogP contribution < -0.4 is 10.6 Å². The average molecular weight is 293 g/mol. The molecule has 118 valence electrons. The van der Waals surface area contributed by atoms with Gasteiger partial charge in [0.15, 0.2) is 5.82 Å². The van der Waals surface area contributed by atoms with Gasteiger partial charge >= 0.3 is 0 Å². The average Bonchev–Trinajstić information content (AvgIpc) is 2.89. The van der Waals surface area contributed by atoms with Crippen LogP contribution in [0, 0.1) is 5.92 Å². The number of nitrogens with zero attached hydrogens (tertiary/aromatic N) is 3. The Bertz CT molecular complexity index is 440. The van der Waals surface area contributed by atoms with Crippen molar-refractivity contribution in [2.45, 2.75) is 26.9 Å². The van der Waals surface area contributed by atoms with E-state index >= 15 is 0 Å². The highest BCUT2D eigenvalue weighted by atomic mass is 16.5. The normalized spacial score (nSPS) is 18.9. The minimum Gasteiger partial charge on any atom is -0.374 e. The molecule has 6 nitrogen and oxygen atoms in total. The number of aromatic nitrogens is 2. The number of nitrogens with one attached hydrogen (secondary N) is 2. The minimum absolute atomic E-state index is 0.455. The molecule has 2 heterocycles. The predicted molar refractivity (Wildman–Crippen MR) is 85.6 cm³/mol. The minimum atomic E-state index is 0.455. The van der Waals surface area contributed by atoms with E-state index < -0.39 is 0 Å². The molecule has 1 aromatic rings. The summed E-state index contributed by atoms with van der Waals surface area (Å²) >= 11 is 0. The first-order valence-corrected chi connectivity index (χ1v) is 7.83. The summed E-state index contributed by atoms with van der Waals surface area (Å²) in [5.41, 5.74) is 0. The standard InChI is InChI=1S/C15H27N5O/c1-4-16-13-8-14(19-15(18-13)11-21-5-2)17-9-12-6-7-20(3)10-12/h8,12H,4-7,9-11H2,1-3H3,(H2,16,17,18,19). The van der Waals surface area contributed by atoms with E-state index in [-0.39, 0.29) is 0 Å². The molecular weight excluding hydrogens is 266 g/mol. The van der Waals surface area contributed by atoms with Crippen molar-refractivity contribution >= 4 is 11.6 Å². The Morgan fingerprint density at radius 3 is 2.67 bits per heavy atom. The van der Waals surface area contributed by atoms with Crippen LogP contribution in [0.4, 0.5) is 11.6 Å². The fraction of sp³-hybridized carbons (Fsp3) is 0.733. The number of hydrogen-bond donors (Lipinski definition) is 2. The molecule has 1 aliphatic heterocycles. The van der Waals surface area contributed by atoms with Crippen molar-refractivity contribution in [2.75, 3.05) is 50.5 Å². The maximum absolute atomic E-state index is 5.41. The van der Waals surface area contributed by atoms with Gasteiger partial charge in [0.25, 0.3) is 0 Å². The van der Waals surface area contributed by atoms with Crippen LogP contribution in [-0.2, 0) is 11.3 Å². The first kappa shape index (κ1) is 16.0. The molecule has 1 unspecified atom stereocenters. The Labute approximate surface area is 127 Å². The number of ether oxygens (including phenoxy) is 1. The van der Waals surface area contributed by atoms with Crippen LogP contribution in [0.5, 0.6) is 0 Å². The Hall–Kier alpha value is -1.40. The van der Waals surface area contributed by atoms with Gasteiger partial charge in [0, 0.05) is 32.3 Å². The first-order valence-electron chi connectivity index (χ1n) is 7.83. The zero-order chi connectivity index (χ0) is 15.1. The van der Waals surface area contributed by atoms with Gasteiger partial charge in [0.1, 0.15) is 18.2 Å².